The maximum atomic E-state index is 12.0. The average Bonchev–Trinajstić information content (AvgIpc) is 2.41. The Hall–Kier alpha value is -2.15. The number of aliphatic hydroxyl groups excluding tert-OH is 1. The zero-order valence-electron chi connectivity index (χ0n) is 12.1. The first-order chi connectivity index (χ1) is 9.88. The van der Waals surface area contributed by atoms with Crippen LogP contribution in [0.4, 0.5) is 11.4 Å². The second-order valence-electron chi connectivity index (χ2n) is 5.61. The number of aliphatic hydroxyl groups is 1. The number of hydrogen-bond donors (Lipinski definition) is 2. The van der Waals surface area contributed by atoms with Gasteiger partial charge in [0.05, 0.1) is 17.1 Å². The molecule has 0 aliphatic heterocycles. The van der Waals surface area contributed by atoms with Crippen LogP contribution >= 0.6 is 0 Å². The lowest BCUT2D eigenvalue weighted by Gasteiger charge is -2.41. The van der Waals surface area contributed by atoms with Crippen LogP contribution in [-0.2, 0) is 0 Å². The predicted octanol–water partition coefficient (Wildman–Crippen LogP) is 1.62. The van der Waals surface area contributed by atoms with Crippen LogP contribution in [0.3, 0.4) is 0 Å². The molecule has 1 amide bonds. The fraction of sp³-hybridized carbons (Fsp3) is 0.500. The van der Waals surface area contributed by atoms with Crippen molar-refractivity contribution in [2.24, 2.45) is 0 Å². The molecule has 1 fully saturated rings. The second kappa shape index (κ2) is 5.69. The van der Waals surface area contributed by atoms with E-state index in [1.807, 2.05) is 0 Å². The number of nitrogens with zero attached hydrogens (tertiary/aromatic N) is 2. The third kappa shape index (κ3) is 2.97. The summed E-state index contributed by atoms with van der Waals surface area (Å²) in [5.41, 5.74) is 0.0527. The first kappa shape index (κ1) is 15.2. The van der Waals surface area contributed by atoms with Crippen LogP contribution in [0.2, 0.25) is 0 Å². The number of nitro benzene ring substituents is 1. The van der Waals surface area contributed by atoms with Gasteiger partial charge in [0.15, 0.2) is 0 Å². The molecule has 114 valence electrons. The standard InChI is InChI=1S/C14H19N3O4/c1-16(2)13(19)10-4-5-12(17(20)21)11(8-10)15-14(9-18)6-3-7-14/h4-5,8,15,18H,3,6-7,9H2,1-2H3. The van der Waals surface area contributed by atoms with Crippen molar-refractivity contribution in [3.05, 3.63) is 33.9 Å². The number of carbonyl (C=O) groups is 1. The Morgan fingerprint density at radius 3 is 2.57 bits per heavy atom. The first-order valence-corrected chi connectivity index (χ1v) is 6.78. The minimum absolute atomic E-state index is 0.0873. The zero-order valence-corrected chi connectivity index (χ0v) is 12.1. The van der Waals surface area contributed by atoms with E-state index >= 15 is 0 Å². The van der Waals surface area contributed by atoms with Crippen LogP contribution in [0.1, 0.15) is 29.6 Å². The van der Waals surface area contributed by atoms with Gasteiger partial charge in [-0.05, 0) is 31.4 Å². The average molecular weight is 293 g/mol. The summed E-state index contributed by atoms with van der Waals surface area (Å²) in [7, 11) is 3.25. The lowest BCUT2D eigenvalue weighted by molar-refractivity contribution is -0.384. The van der Waals surface area contributed by atoms with E-state index < -0.39 is 10.5 Å². The van der Waals surface area contributed by atoms with E-state index in [1.165, 1.54) is 23.1 Å². The van der Waals surface area contributed by atoms with Gasteiger partial charge in [-0.25, -0.2) is 0 Å². The quantitative estimate of drug-likeness (QED) is 0.635. The summed E-state index contributed by atoms with van der Waals surface area (Å²) in [6, 6.07) is 4.25. The molecule has 1 aromatic carbocycles. The molecule has 2 rings (SSSR count). The maximum absolute atomic E-state index is 12.0. The van der Waals surface area contributed by atoms with Gasteiger partial charge in [0.2, 0.25) is 0 Å². The van der Waals surface area contributed by atoms with Crippen LogP contribution in [-0.4, -0.2) is 47.1 Å². The number of hydrogen-bond acceptors (Lipinski definition) is 5. The molecule has 0 unspecified atom stereocenters. The van der Waals surface area contributed by atoms with Crippen LogP contribution in [0.15, 0.2) is 18.2 Å². The number of benzene rings is 1. The molecule has 0 saturated heterocycles. The molecule has 0 spiro atoms. The smallest absolute Gasteiger partial charge is 0.292 e. The summed E-state index contributed by atoms with van der Waals surface area (Å²) < 4.78 is 0. The third-order valence-electron chi connectivity index (χ3n) is 3.86. The molecule has 7 nitrogen and oxygen atoms in total. The number of amides is 1. The summed E-state index contributed by atoms with van der Waals surface area (Å²) in [5, 5.41) is 23.7. The minimum atomic E-state index is -0.509. The Kier molecular flexibility index (Phi) is 4.13. The molecule has 0 aromatic heterocycles. The maximum Gasteiger partial charge on any atom is 0.292 e. The zero-order chi connectivity index (χ0) is 15.6. The second-order valence-corrected chi connectivity index (χ2v) is 5.61. The SMILES string of the molecule is CN(C)C(=O)c1ccc([N+](=O)[O-])c(NC2(CO)CCC2)c1. The van der Waals surface area contributed by atoms with Crippen molar-refractivity contribution in [1.82, 2.24) is 4.90 Å². The van der Waals surface area contributed by atoms with Crippen molar-refractivity contribution in [2.75, 3.05) is 26.0 Å². The van der Waals surface area contributed by atoms with Gasteiger partial charge >= 0.3 is 0 Å². The van der Waals surface area contributed by atoms with Gasteiger partial charge < -0.3 is 15.3 Å². The van der Waals surface area contributed by atoms with Gasteiger partial charge in [-0.1, -0.05) is 0 Å². The van der Waals surface area contributed by atoms with Crippen LogP contribution in [0, 0.1) is 10.1 Å². The van der Waals surface area contributed by atoms with Crippen molar-refractivity contribution in [3.63, 3.8) is 0 Å². The van der Waals surface area contributed by atoms with Gasteiger partial charge in [-0.15, -0.1) is 0 Å². The Bertz CT molecular complexity index is 562. The molecular weight excluding hydrogens is 274 g/mol. The van der Waals surface area contributed by atoms with Crippen molar-refractivity contribution in [1.29, 1.82) is 0 Å². The number of carbonyl (C=O) groups excluding carboxylic acids is 1. The fourth-order valence-electron chi connectivity index (χ4n) is 2.40. The first-order valence-electron chi connectivity index (χ1n) is 6.78. The normalized spacial score (nSPS) is 16.0. The van der Waals surface area contributed by atoms with Crippen molar-refractivity contribution >= 4 is 17.3 Å². The molecule has 21 heavy (non-hydrogen) atoms. The molecule has 1 aliphatic carbocycles. The van der Waals surface area contributed by atoms with E-state index in [9.17, 15) is 20.0 Å². The summed E-state index contributed by atoms with van der Waals surface area (Å²) in [5.74, 6) is -0.223. The van der Waals surface area contributed by atoms with Gasteiger partial charge in [0.1, 0.15) is 5.69 Å². The van der Waals surface area contributed by atoms with Crippen molar-refractivity contribution in [3.8, 4) is 0 Å². The summed E-state index contributed by atoms with van der Waals surface area (Å²) >= 11 is 0. The van der Waals surface area contributed by atoms with E-state index in [4.69, 9.17) is 0 Å². The highest BCUT2D eigenvalue weighted by atomic mass is 16.6. The van der Waals surface area contributed by atoms with E-state index in [1.54, 1.807) is 14.1 Å². The van der Waals surface area contributed by atoms with Crippen molar-refractivity contribution < 1.29 is 14.8 Å². The highest BCUT2D eigenvalue weighted by Gasteiger charge is 2.37. The van der Waals surface area contributed by atoms with Gasteiger partial charge in [0.25, 0.3) is 11.6 Å². The Labute approximate surface area is 122 Å². The van der Waals surface area contributed by atoms with Crippen LogP contribution in [0.25, 0.3) is 0 Å². The Balaban J connectivity index is 2.37. The number of anilines is 1. The highest BCUT2D eigenvalue weighted by molar-refractivity contribution is 5.95. The molecule has 0 atom stereocenters. The lowest BCUT2D eigenvalue weighted by atomic mass is 9.77. The van der Waals surface area contributed by atoms with Crippen molar-refractivity contribution in [2.45, 2.75) is 24.8 Å². The fourth-order valence-corrected chi connectivity index (χ4v) is 2.40. The molecule has 0 heterocycles. The van der Waals surface area contributed by atoms with Gasteiger partial charge in [-0.3, -0.25) is 14.9 Å². The molecule has 0 radical (unpaired) electrons. The van der Waals surface area contributed by atoms with E-state index in [0.29, 0.717) is 5.56 Å². The Morgan fingerprint density at radius 2 is 2.14 bits per heavy atom. The van der Waals surface area contributed by atoms with E-state index in [0.717, 1.165) is 19.3 Å². The monoisotopic (exact) mass is 293 g/mol. The van der Waals surface area contributed by atoms with Crippen LogP contribution in [0.5, 0.6) is 0 Å². The Morgan fingerprint density at radius 1 is 1.48 bits per heavy atom. The predicted molar refractivity (Wildman–Crippen MR) is 78.4 cm³/mol. The number of rotatable bonds is 5. The summed E-state index contributed by atoms with van der Waals surface area (Å²) in [4.78, 5) is 24.0. The summed E-state index contributed by atoms with van der Waals surface area (Å²) in [6.45, 7) is -0.0873. The minimum Gasteiger partial charge on any atom is -0.394 e. The topological polar surface area (TPSA) is 95.7 Å². The summed E-state index contributed by atoms with van der Waals surface area (Å²) in [6.07, 6.45) is 2.48. The molecule has 0 bridgehead atoms. The largest absolute Gasteiger partial charge is 0.394 e. The highest BCUT2D eigenvalue weighted by Crippen LogP contribution is 2.38. The third-order valence-corrected chi connectivity index (χ3v) is 3.86. The molecule has 1 saturated carbocycles. The van der Waals surface area contributed by atoms with E-state index in [2.05, 4.69) is 5.32 Å². The van der Waals surface area contributed by atoms with Gasteiger partial charge in [-0.2, -0.15) is 0 Å². The molecule has 2 N–H and O–H groups in total. The lowest BCUT2D eigenvalue weighted by Crippen LogP contribution is -2.48. The molecule has 7 heteroatoms. The van der Waals surface area contributed by atoms with Gasteiger partial charge in [0, 0.05) is 25.7 Å². The van der Waals surface area contributed by atoms with E-state index in [-0.39, 0.29) is 23.9 Å². The molecular formula is C14H19N3O4. The van der Waals surface area contributed by atoms with Crippen LogP contribution < -0.4 is 5.32 Å². The number of nitrogens with one attached hydrogen (secondary N) is 1. The molecule has 1 aromatic rings. The number of nitro groups is 1. The molecule has 1 aliphatic rings.